The number of rotatable bonds is 5. The van der Waals surface area contributed by atoms with Crippen LogP contribution in [-0.2, 0) is 0 Å². The van der Waals surface area contributed by atoms with Crippen molar-refractivity contribution in [3.8, 4) is 5.75 Å². The first-order valence-electron chi connectivity index (χ1n) is 6.10. The molecule has 3 nitrogen and oxygen atoms in total. The Balaban J connectivity index is 2.07. The molecular formula is C16H14INO2. The van der Waals surface area contributed by atoms with E-state index in [9.17, 15) is 4.79 Å². The van der Waals surface area contributed by atoms with Gasteiger partial charge in [0.05, 0.1) is 0 Å². The quantitative estimate of drug-likeness (QED) is 0.627. The summed E-state index contributed by atoms with van der Waals surface area (Å²) in [5.74, 6) is 0.563. The molecule has 0 heterocycles. The molecule has 0 unspecified atom stereocenters. The highest BCUT2D eigenvalue weighted by Crippen LogP contribution is 2.18. The lowest BCUT2D eigenvalue weighted by atomic mass is 10.2. The largest absolute Gasteiger partial charge is 0.489 e. The molecular weight excluding hydrogens is 365 g/mol. The predicted molar refractivity (Wildman–Crippen MR) is 89.2 cm³/mol. The van der Waals surface area contributed by atoms with Gasteiger partial charge in [-0.05, 0) is 59.0 Å². The van der Waals surface area contributed by atoms with Crippen LogP contribution in [0.25, 0.3) is 0 Å². The summed E-state index contributed by atoms with van der Waals surface area (Å²) in [7, 11) is 0. The van der Waals surface area contributed by atoms with Crippen molar-refractivity contribution in [3.63, 3.8) is 0 Å². The van der Waals surface area contributed by atoms with Crippen LogP contribution in [0.1, 0.15) is 10.4 Å². The summed E-state index contributed by atoms with van der Waals surface area (Å²) in [4.78, 5) is 12.1. The van der Waals surface area contributed by atoms with Gasteiger partial charge in [-0.3, -0.25) is 4.79 Å². The lowest BCUT2D eigenvalue weighted by Gasteiger charge is -2.08. The molecule has 0 fully saturated rings. The Labute approximate surface area is 131 Å². The molecule has 1 N–H and O–H groups in total. The number of hydrogen-bond donors (Lipinski definition) is 1. The number of halogens is 1. The Morgan fingerprint density at radius 1 is 1.25 bits per heavy atom. The molecule has 0 saturated heterocycles. The first kappa shape index (κ1) is 14.6. The molecule has 2 rings (SSSR count). The monoisotopic (exact) mass is 379 g/mol. The zero-order chi connectivity index (χ0) is 14.4. The average Bonchev–Trinajstić information content (AvgIpc) is 2.46. The van der Waals surface area contributed by atoms with Crippen LogP contribution in [0.5, 0.6) is 5.75 Å². The van der Waals surface area contributed by atoms with E-state index in [-0.39, 0.29) is 5.91 Å². The van der Waals surface area contributed by atoms with E-state index in [0.717, 1.165) is 3.57 Å². The summed E-state index contributed by atoms with van der Waals surface area (Å²) in [6, 6.07) is 14.7. The van der Waals surface area contributed by atoms with Gasteiger partial charge in [-0.2, -0.15) is 0 Å². The minimum absolute atomic E-state index is 0.137. The van der Waals surface area contributed by atoms with Gasteiger partial charge in [0.25, 0.3) is 5.91 Å². The number of ether oxygens (including phenoxy) is 1. The maximum atomic E-state index is 12.1. The molecule has 2 aromatic rings. The molecule has 0 aliphatic rings. The highest BCUT2D eigenvalue weighted by atomic mass is 127. The summed E-state index contributed by atoms with van der Waals surface area (Å²) in [6.45, 7) is 4.04. The van der Waals surface area contributed by atoms with E-state index >= 15 is 0 Å². The van der Waals surface area contributed by atoms with E-state index in [1.54, 1.807) is 24.3 Å². The topological polar surface area (TPSA) is 38.3 Å². The Kier molecular flexibility index (Phi) is 5.17. The fourth-order valence-electron chi connectivity index (χ4n) is 1.62. The van der Waals surface area contributed by atoms with Gasteiger partial charge in [0.1, 0.15) is 12.4 Å². The second-order valence-corrected chi connectivity index (χ2v) is 5.33. The summed E-state index contributed by atoms with van der Waals surface area (Å²) in [6.07, 6.45) is 1.68. The van der Waals surface area contributed by atoms with Gasteiger partial charge in [0, 0.05) is 20.9 Å². The first-order chi connectivity index (χ1) is 9.69. The fraction of sp³-hybridized carbons (Fsp3) is 0.0625. The van der Waals surface area contributed by atoms with Crippen molar-refractivity contribution in [1.82, 2.24) is 0 Å². The fourth-order valence-corrected chi connectivity index (χ4v) is 1.98. The first-order valence-corrected chi connectivity index (χ1v) is 7.17. The Morgan fingerprint density at radius 2 is 2.00 bits per heavy atom. The van der Waals surface area contributed by atoms with Gasteiger partial charge < -0.3 is 10.1 Å². The molecule has 0 aliphatic heterocycles. The molecule has 0 radical (unpaired) electrons. The van der Waals surface area contributed by atoms with E-state index in [0.29, 0.717) is 23.6 Å². The van der Waals surface area contributed by atoms with Crippen LogP contribution >= 0.6 is 22.6 Å². The molecule has 20 heavy (non-hydrogen) atoms. The third-order valence-corrected chi connectivity index (χ3v) is 3.29. The second kappa shape index (κ2) is 7.09. The Hall–Kier alpha value is -1.82. The number of amides is 1. The SMILES string of the molecule is C=CCOc1cccc(NC(=O)c2ccc(I)cc2)c1. The lowest BCUT2D eigenvalue weighted by molar-refractivity contribution is 0.102. The third kappa shape index (κ3) is 4.09. The van der Waals surface area contributed by atoms with E-state index in [2.05, 4.69) is 34.5 Å². The average molecular weight is 379 g/mol. The molecule has 102 valence electrons. The minimum atomic E-state index is -0.137. The lowest BCUT2D eigenvalue weighted by Crippen LogP contribution is -2.11. The van der Waals surface area contributed by atoms with Crippen molar-refractivity contribution >= 4 is 34.2 Å². The number of nitrogens with one attached hydrogen (secondary N) is 1. The normalized spacial score (nSPS) is 9.85. The van der Waals surface area contributed by atoms with Crippen molar-refractivity contribution in [3.05, 3.63) is 70.3 Å². The van der Waals surface area contributed by atoms with Gasteiger partial charge in [-0.15, -0.1) is 0 Å². The molecule has 0 saturated carbocycles. The van der Waals surface area contributed by atoms with Crippen molar-refractivity contribution in [2.24, 2.45) is 0 Å². The van der Waals surface area contributed by atoms with Crippen LogP contribution in [0.15, 0.2) is 61.2 Å². The van der Waals surface area contributed by atoms with Crippen molar-refractivity contribution in [2.45, 2.75) is 0 Å². The van der Waals surface area contributed by atoms with Gasteiger partial charge in [0.15, 0.2) is 0 Å². The van der Waals surface area contributed by atoms with Crippen LogP contribution < -0.4 is 10.1 Å². The van der Waals surface area contributed by atoms with Crippen LogP contribution in [0, 0.1) is 3.57 Å². The van der Waals surface area contributed by atoms with Crippen LogP contribution in [0.2, 0.25) is 0 Å². The smallest absolute Gasteiger partial charge is 0.255 e. The maximum Gasteiger partial charge on any atom is 0.255 e. The van der Waals surface area contributed by atoms with Gasteiger partial charge in [0.2, 0.25) is 0 Å². The van der Waals surface area contributed by atoms with E-state index in [1.165, 1.54) is 0 Å². The van der Waals surface area contributed by atoms with Crippen molar-refractivity contribution in [1.29, 1.82) is 0 Å². The summed E-state index contributed by atoms with van der Waals surface area (Å²) >= 11 is 2.20. The van der Waals surface area contributed by atoms with Gasteiger partial charge >= 0.3 is 0 Å². The Bertz CT molecular complexity index is 608. The zero-order valence-corrected chi connectivity index (χ0v) is 13.0. The zero-order valence-electron chi connectivity index (χ0n) is 10.8. The molecule has 0 atom stereocenters. The third-order valence-electron chi connectivity index (χ3n) is 2.57. The van der Waals surface area contributed by atoms with Crippen LogP contribution in [0.4, 0.5) is 5.69 Å². The second-order valence-electron chi connectivity index (χ2n) is 4.09. The number of anilines is 1. The highest BCUT2D eigenvalue weighted by Gasteiger charge is 2.06. The number of benzene rings is 2. The molecule has 0 aliphatic carbocycles. The number of carbonyl (C=O) groups is 1. The molecule has 0 spiro atoms. The minimum Gasteiger partial charge on any atom is -0.489 e. The summed E-state index contributed by atoms with van der Waals surface area (Å²) in [5, 5.41) is 2.85. The standard InChI is InChI=1S/C16H14INO2/c1-2-10-20-15-5-3-4-14(11-15)18-16(19)12-6-8-13(17)9-7-12/h2-9,11H,1,10H2,(H,18,19). The van der Waals surface area contributed by atoms with Gasteiger partial charge in [-0.25, -0.2) is 0 Å². The predicted octanol–water partition coefficient (Wildman–Crippen LogP) is 4.11. The summed E-state index contributed by atoms with van der Waals surface area (Å²) < 4.78 is 6.52. The van der Waals surface area contributed by atoms with Crippen molar-refractivity contribution < 1.29 is 9.53 Å². The van der Waals surface area contributed by atoms with Gasteiger partial charge in [-0.1, -0.05) is 18.7 Å². The molecule has 0 bridgehead atoms. The number of carbonyl (C=O) groups excluding carboxylic acids is 1. The molecule has 4 heteroatoms. The maximum absolute atomic E-state index is 12.1. The molecule has 2 aromatic carbocycles. The van der Waals surface area contributed by atoms with E-state index < -0.39 is 0 Å². The van der Waals surface area contributed by atoms with Crippen LogP contribution in [0.3, 0.4) is 0 Å². The molecule has 1 amide bonds. The summed E-state index contributed by atoms with van der Waals surface area (Å²) in [5.41, 5.74) is 1.33. The highest BCUT2D eigenvalue weighted by molar-refractivity contribution is 14.1. The van der Waals surface area contributed by atoms with Crippen LogP contribution in [-0.4, -0.2) is 12.5 Å². The Morgan fingerprint density at radius 3 is 2.70 bits per heavy atom. The van der Waals surface area contributed by atoms with E-state index in [4.69, 9.17) is 4.74 Å². The van der Waals surface area contributed by atoms with E-state index in [1.807, 2.05) is 30.3 Å². The van der Waals surface area contributed by atoms with Crippen molar-refractivity contribution in [2.75, 3.05) is 11.9 Å². The number of hydrogen-bond acceptors (Lipinski definition) is 2. The molecule has 0 aromatic heterocycles.